The second-order valence-corrected chi connectivity index (χ2v) is 8.13. The van der Waals surface area contributed by atoms with E-state index in [1.165, 1.54) is 11.1 Å². The van der Waals surface area contributed by atoms with E-state index in [4.69, 9.17) is 4.74 Å². The molecule has 0 radical (unpaired) electrons. The highest BCUT2D eigenvalue weighted by Crippen LogP contribution is 2.33. The molecule has 0 spiro atoms. The third-order valence-electron chi connectivity index (χ3n) is 4.07. The van der Waals surface area contributed by atoms with Crippen LogP contribution in [0.2, 0.25) is 0 Å². The molecule has 0 bridgehead atoms. The highest BCUT2D eigenvalue weighted by atomic mass is 79.9. The van der Waals surface area contributed by atoms with Crippen molar-refractivity contribution in [3.63, 3.8) is 0 Å². The Labute approximate surface area is 155 Å². The molecule has 134 valence electrons. The number of fused-ring (bicyclic) bond motifs is 1. The largest absolute Gasteiger partial charge is 0.444 e. The number of rotatable bonds is 4. The molecule has 1 aromatic heterocycles. The molecule has 1 aromatic carbocycles. The van der Waals surface area contributed by atoms with Gasteiger partial charge in [0.05, 0.1) is 6.20 Å². The lowest BCUT2D eigenvalue weighted by Gasteiger charge is -2.19. The number of nitrogens with one attached hydrogen (secondary N) is 3. The van der Waals surface area contributed by atoms with E-state index in [1.807, 2.05) is 20.8 Å². The smallest absolute Gasteiger partial charge is 0.413 e. The number of halogens is 1. The molecule has 1 heterocycles. The maximum Gasteiger partial charge on any atom is 0.413 e. The molecule has 0 fully saturated rings. The number of H-pyrrole nitrogens is 1. The van der Waals surface area contributed by atoms with Crippen LogP contribution in [-0.2, 0) is 17.7 Å². The Hall–Kier alpha value is -1.86. The molecule has 2 aromatic rings. The van der Waals surface area contributed by atoms with Crippen molar-refractivity contribution >= 4 is 27.8 Å². The summed E-state index contributed by atoms with van der Waals surface area (Å²) < 4.78 is 6.40. The molecule has 0 saturated carbocycles. The number of aryl methyl sites for hydroxylation is 1. The summed E-state index contributed by atoms with van der Waals surface area (Å²) in [7, 11) is 0. The topological polar surface area (TPSA) is 79.0 Å². The van der Waals surface area contributed by atoms with Crippen LogP contribution in [-0.4, -0.2) is 21.9 Å². The zero-order chi connectivity index (χ0) is 18.0. The summed E-state index contributed by atoms with van der Waals surface area (Å²) in [5.41, 5.74) is 3.08. The van der Waals surface area contributed by atoms with E-state index in [-0.39, 0.29) is 0 Å². The summed E-state index contributed by atoms with van der Waals surface area (Å²) >= 11 is 3.52. The first kappa shape index (κ1) is 17.9. The number of hydrogen-bond acceptors (Lipinski definition) is 4. The molecular formula is C18H23BrN4O2. The predicted molar refractivity (Wildman–Crippen MR) is 100 cm³/mol. The van der Waals surface area contributed by atoms with Crippen LogP contribution in [0.25, 0.3) is 0 Å². The molecule has 0 aliphatic heterocycles. The van der Waals surface area contributed by atoms with Crippen LogP contribution < -0.4 is 10.6 Å². The Balaban J connectivity index is 1.61. The zero-order valence-corrected chi connectivity index (χ0v) is 16.2. The fourth-order valence-electron chi connectivity index (χ4n) is 2.99. The van der Waals surface area contributed by atoms with Crippen molar-refractivity contribution in [1.82, 2.24) is 15.5 Å². The van der Waals surface area contributed by atoms with E-state index >= 15 is 0 Å². The summed E-state index contributed by atoms with van der Waals surface area (Å²) in [6.07, 6.45) is 3.37. The standard InChI is InChI=1S/C18H23BrN4O2/c1-18(2,3)25-17(24)22-16-12(10-21-23-16)9-20-15-7-4-11-8-13(19)5-6-14(11)15/h5-6,8,10,15,20H,4,7,9H2,1-3H3,(H2,21,22,23,24). The van der Waals surface area contributed by atoms with Gasteiger partial charge in [-0.2, -0.15) is 5.10 Å². The molecule has 1 amide bonds. The molecule has 1 unspecified atom stereocenters. The first-order valence-corrected chi connectivity index (χ1v) is 9.15. The van der Waals surface area contributed by atoms with Gasteiger partial charge in [0.15, 0.2) is 0 Å². The minimum atomic E-state index is -0.537. The van der Waals surface area contributed by atoms with Crippen LogP contribution >= 0.6 is 15.9 Å². The van der Waals surface area contributed by atoms with Crippen LogP contribution in [0.15, 0.2) is 28.9 Å². The average Bonchev–Trinajstić information content (AvgIpc) is 3.09. The Morgan fingerprint density at radius 2 is 2.24 bits per heavy atom. The minimum absolute atomic E-state index is 0.312. The number of carbonyl (C=O) groups is 1. The van der Waals surface area contributed by atoms with Crippen molar-refractivity contribution in [3.8, 4) is 0 Å². The highest BCUT2D eigenvalue weighted by Gasteiger charge is 2.23. The number of carbonyl (C=O) groups excluding carboxylic acids is 1. The Bertz CT molecular complexity index is 767. The number of aromatic amines is 1. The molecular weight excluding hydrogens is 384 g/mol. The van der Waals surface area contributed by atoms with Gasteiger partial charge in [-0.05, 0) is 56.9 Å². The van der Waals surface area contributed by atoms with E-state index in [0.29, 0.717) is 18.4 Å². The van der Waals surface area contributed by atoms with E-state index in [0.717, 1.165) is 22.9 Å². The lowest BCUT2D eigenvalue weighted by molar-refractivity contribution is 0.0635. The van der Waals surface area contributed by atoms with Crippen molar-refractivity contribution in [2.75, 3.05) is 5.32 Å². The number of amides is 1. The molecule has 0 saturated heterocycles. The molecule has 6 nitrogen and oxygen atoms in total. The molecule has 7 heteroatoms. The van der Waals surface area contributed by atoms with Crippen molar-refractivity contribution < 1.29 is 9.53 Å². The van der Waals surface area contributed by atoms with E-state index in [1.54, 1.807) is 6.20 Å². The van der Waals surface area contributed by atoms with Crippen LogP contribution in [0.1, 0.15) is 49.9 Å². The van der Waals surface area contributed by atoms with Gasteiger partial charge >= 0.3 is 6.09 Å². The fraction of sp³-hybridized carbons (Fsp3) is 0.444. The normalized spacial score (nSPS) is 16.6. The summed E-state index contributed by atoms with van der Waals surface area (Å²) in [5, 5.41) is 13.1. The van der Waals surface area contributed by atoms with Gasteiger partial charge in [-0.1, -0.05) is 22.0 Å². The van der Waals surface area contributed by atoms with Crippen molar-refractivity contribution in [1.29, 1.82) is 0 Å². The Morgan fingerprint density at radius 1 is 1.44 bits per heavy atom. The Kier molecular flexibility index (Phi) is 5.15. The van der Waals surface area contributed by atoms with E-state index in [2.05, 4.69) is 55.0 Å². The second kappa shape index (κ2) is 7.17. The summed E-state index contributed by atoms with van der Waals surface area (Å²) in [5.74, 6) is 0.566. The van der Waals surface area contributed by atoms with Gasteiger partial charge in [-0.15, -0.1) is 0 Å². The fourth-order valence-corrected chi connectivity index (χ4v) is 3.40. The first-order chi connectivity index (χ1) is 11.8. The van der Waals surface area contributed by atoms with Crippen molar-refractivity contribution in [2.24, 2.45) is 0 Å². The number of hydrogen-bond donors (Lipinski definition) is 3. The average molecular weight is 407 g/mol. The van der Waals surface area contributed by atoms with Crippen LogP contribution in [0.5, 0.6) is 0 Å². The molecule has 1 aliphatic rings. The van der Waals surface area contributed by atoms with Gasteiger partial charge < -0.3 is 10.1 Å². The first-order valence-electron chi connectivity index (χ1n) is 8.36. The number of benzene rings is 1. The maximum atomic E-state index is 11.9. The number of aromatic nitrogens is 2. The zero-order valence-electron chi connectivity index (χ0n) is 14.6. The van der Waals surface area contributed by atoms with Crippen LogP contribution in [0, 0.1) is 0 Å². The van der Waals surface area contributed by atoms with Crippen molar-refractivity contribution in [3.05, 3.63) is 45.6 Å². The molecule has 3 rings (SSSR count). The molecule has 1 atom stereocenters. The third kappa shape index (κ3) is 4.61. The summed E-state index contributed by atoms with van der Waals surface area (Å²) in [6, 6.07) is 6.74. The highest BCUT2D eigenvalue weighted by molar-refractivity contribution is 9.10. The van der Waals surface area contributed by atoms with Gasteiger partial charge in [0.2, 0.25) is 0 Å². The quantitative estimate of drug-likeness (QED) is 0.706. The van der Waals surface area contributed by atoms with E-state index in [9.17, 15) is 4.79 Å². The monoisotopic (exact) mass is 406 g/mol. The van der Waals surface area contributed by atoms with Gasteiger partial charge in [0.1, 0.15) is 11.4 Å². The maximum absolute atomic E-state index is 11.9. The molecule has 25 heavy (non-hydrogen) atoms. The third-order valence-corrected chi connectivity index (χ3v) is 4.56. The lowest BCUT2D eigenvalue weighted by Crippen LogP contribution is -2.28. The van der Waals surface area contributed by atoms with Gasteiger partial charge in [-0.3, -0.25) is 10.4 Å². The van der Waals surface area contributed by atoms with Gasteiger partial charge in [-0.25, -0.2) is 4.79 Å². The van der Waals surface area contributed by atoms with Gasteiger partial charge in [0.25, 0.3) is 0 Å². The second-order valence-electron chi connectivity index (χ2n) is 7.21. The molecule has 1 aliphatic carbocycles. The molecule has 3 N–H and O–H groups in total. The summed E-state index contributed by atoms with van der Waals surface area (Å²) in [4.78, 5) is 11.9. The summed E-state index contributed by atoms with van der Waals surface area (Å²) in [6.45, 7) is 6.11. The number of nitrogens with zero attached hydrogens (tertiary/aromatic N) is 1. The minimum Gasteiger partial charge on any atom is -0.444 e. The van der Waals surface area contributed by atoms with Crippen molar-refractivity contribution in [2.45, 2.75) is 51.8 Å². The number of ether oxygens (including phenoxy) is 1. The van der Waals surface area contributed by atoms with Crippen LogP contribution in [0.4, 0.5) is 10.6 Å². The number of anilines is 1. The van der Waals surface area contributed by atoms with Crippen LogP contribution in [0.3, 0.4) is 0 Å². The van der Waals surface area contributed by atoms with E-state index < -0.39 is 11.7 Å². The SMILES string of the molecule is CC(C)(C)OC(=O)Nc1[nH]ncc1CNC1CCc2cc(Br)ccc21. The predicted octanol–water partition coefficient (Wildman–Crippen LogP) is 4.30. The Morgan fingerprint density at radius 3 is 3.00 bits per heavy atom. The lowest BCUT2D eigenvalue weighted by atomic mass is 10.1. The van der Waals surface area contributed by atoms with Gasteiger partial charge in [0, 0.05) is 22.6 Å².